The predicted molar refractivity (Wildman–Crippen MR) is 76.5 cm³/mol. The number of carbonyl (C=O) groups is 2. The number of benzene rings is 1. The van der Waals surface area contributed by atoms with Crippen LogP contribution in [0.2, 0.25) is 0 Å². The molecular weight excluding hydrogens is 258 g/mol. The van der Waals surface area contributed by atoms with E-state index in [9.17, 15) is 9.59 Å². The van der Waals surface area contributed by atoms with Crippen LogP contribution in [0.4, 0.5) is 11.4 Å². The molecule has 1 unspecified atom stereocenters. The van der Waals surface area contributed by atoms with Gasteiger partial charge in [0.1, 0.15) is 0 Å². The Hall–Kier alpha value is -2.24. The Morgan fingerprint density at radius 1 is 1.55 bits per heavy atom. The number of carbonyl (C=O) groups excluding carboxylic acids is 2. The van der Waals surface area contributed by atoms with E-state index in [4.69, 9.17) is 10.5 Å². The average Bonchev–Trinajstić information content (AvgIpc) is 2.84. The van der Waals surface area contributed by atoms with E-state index in [2.05, 4.69) is 10.6 Å². The summed E-state index contributed by atoms with van der Waals surface area (Å²) in [5, 5.41) is 6.07. The highest BCUT2D eigenvalue weighted by Crippen LogP contribution is 2.19. The Morgan fingerprint density at radius 2 is 2.35 bits per heavy atom. The molecule has 6 nitrogen and oxygen atoms in total. The molecule has 1 amide bonds. The first-order valence-electron chi connectivity index (χ1n) is 6.70. The minimum absolute atomic E-state index is 0.0846. The topological polar surface area (TPSA) is 93.4 Å². The summed E-state index contributed by atoms with van der Waals surface area (Å²) >= 11 is 0. The van der Waals surface area contributed by atoms with Crippen molar-refractivity contribution in [3.8, 4) is 0 Å². The first kappa shape index (κ1) is 14.2. The van der Waals surface area contributed by atoms with Crippen LogP contribution in [0.25, 0.3) is 0 Å². The zero-order valence-corrected chi connectivity index (χ0v) is 11.4. The van der Waals surface area contributed by atoms with Gasteiger partial charge in [-0.15, -0.1) is 0 Å². The zero-order chi connectivity index (χ0) is 14.5. The molecule has 0 radical (unpaired) electrons. The Balaban J connectivity index is 2.00. The molecule has 0 bridgehead atoms. The van der Waals surface area contributed by atoms with Crippen LogP contribution >= 0.6 is 0 Å². The molecule has 108 valence electrons. The Bertz CT molecular complexity index is 516. The molecule has 1 aromatic carbocycles. The number of hydrogen-bond acceptors (Lipinski definition) is 5. The number of rotatable bonds is 5. The van der Waals surface area contributed by atoms with E-state index in [-0.39, 0.29) is 11.9 Å². The number of esters is 1. The lowest BCUT2D eigenvalue weighted by Gasteiger charge is -2.14. The number of anilines is 2. The molecule has 1 aliphatic rings. The number of nitrogens with one attached hydrogen (secondary N) is 2. The normalized spacial score (nSPS) is 17.6. The van der Waals surface area contributed by atoms with E-state index in [0.29, 0.717) is 30.8 Å². The molecule has 0 saturated carbocycles. The number of hydrogen-bond donors (Lipinski definition) is 3. The van der Waals surface area contributed by atoms with Crippen molar-refractivity contribution < 1.29 is 14.3 Å². The summed E-state index contributed by atoms with van der Waals surface area (Å²) in [5.74, 6) is -0.343. The van der Waals surface area contributed by atoms with E-state index in [1.807, 2.05) is 0 Å². The van der Waals surface area contributed by atoms with Gasteiger partial charge in [-0.25, -0.2) is 4.79 Å². The molecule has 0 spiro atoms. The lowest BCUT2D eigenvalue weighted by molar-refractivity contribution is -0.119. The molecule has 0 aromatic heterocycles. The van der Waals surface area contributed by atoms with E-state index < -0.39 is 5.97 Å². The van der Waals surface area contributed by atoms with Crippen LogP contribution in [-0.4, -0.2) is 31.1 Å². The molecule has 0 aliphatic carbocycles. The van der Waals surface area contributed by atoms with Crippen molar-refractivity contribution in [2.75, 3.05) is 24.2 Å². The highest BCUT2D eigenvalue weighted by atomic mass is 16.5. The van der Waals surface area contributed by atoms with E-state index in [1.165, 1.54) is 0 Å². The second-order valence-electron chi connectivity index (χ2n) is 4.71. The summed E-state index contributed by atoms with van der Waals surface area (Å²) in [4.78, 5) is 22.8. The van der Waals surface area contributed by atoms with Crippen LogP contribution in [-0.2, 0) is 9.53 Å². The molecule has 1 aliphatic heterocycles. The van der Waals surface area contributed by atoms with Crippen LogP contribution in [0.5, 0.6) is 0 Å². The van der Waals surface area contributed by atoms with Crippen molar-refractivity contribution in [3.05, 3.63) is 23.8 Å². The number of nitrogen functional groups attached to an aromatic ring is 1. The molecule has 6 heteroatoms. The van der Waals surface area contributed by atoms with Gasteiger partial charge in [0.2, 0.25) is 5.91 Å². The lowest BCUT2D eigenvalue weighted by atomic mass is 10.1. The third-order valence-corrected chi connectivity index (χ3v) is 3.19. The van der Waals surface area contributed by atoms with E-state index >= 15 is 0 Å². The van der Waals surface area contributed by atoms with Crippen molar-refractivity contribution in [3.63, 3.8) is 0 Å². The summed E-state index contributed by atoms with van der Waals surface area (Å²) < 4.78 is 4.95. The number of ether oxygens (including phenoxy) is 1. The lowest BCUT2D eigenvalue weighted by Crippen LogP contribution is -2.31. The zero-order valence-electron chi connectivity index (χ0n) is 11.4. The van der Waals surface area contributed by atoms with Crippen LogP contribution in [0.3, 0.4) is 0 Å². The molecule has 1 aromatic rings. The van der Waals surface area contributed by atoms with E-state index in [1.54, 1.807) is 25.1 Å². The first-order chi connectivity index (χ1) is 9.60. The average molecular weight is 277 g/mol. The highest BCUT2D eigenvalue weighted by molar-refractivity contribution is 5.96. The summed E-state index contributed by atoms with van der Waals surface area (Å²) in [7, 11) is 0. The minimum atomic E-state index is -0.428. The maximum absolute atomic E-state index is 11.7. The van der Waals surface area contributed by atoms with Gasteiger partial charge >= 0.3 is 5.97 Å². The summed E-state index contributed by atoms with van der Waals surface area (Å²) in [6.07, 6.45) is 1.40. The van der Waals surface area contributed by atoms with Gasteiger partial charge in [-0.1, -0.05) is 0 Å². The largest absolute Gasteiger partial charge is 0.462 e. The number of nitrogens with two attached hydrogens (primary N) is 1. The van der Waals surface area contributed by atoms with Crippen LogP contribution in [0.1, 0.15) is 30.1 Å². The van der Waals surface area contributed by atoms with Gasteiger partial charge in [-0.2, -0.15) is 0 Å². The quantitative estimate of drug-likeness (QED) is 0.554. The van der Waals surface area contributed by atoms with Crippen molar-refractivity contribution >= 4 is 23.3 Å². The summed E-state index contributed by atoms with van der Waals surface area (Å²) in [5.41, 5.74) is 7.30. The van der Waals surface area contributed by atoms with Crippen LogP contribution in [0, 0.1) is 0 Å². The SMILES string of the molecule is CCOC(=O)c1cc(NCC2CCC(=O)N2)ccc1N. The third kappa shape index (κ3) is 3.40. The molecule has 2 rings (SSSR count). The summed E-state index contributed by atoms with van der Waals surface area (Å²) in [6.45, 7) is 2.68. The van der Waals surface area contributed by atoms with Gasteiger partial charge in [0.05, 0.1) is 12.2 Å². The van der Waals surface area contributed by atoms with Gasteiger partial charge in [0.15, 0.2) is 0 Å². The van der Waals surface area contributed by atoms with Crippen LogP contribution < -0.4 is 16.4 Å². The standard InChI is InChI=1S/C14H19N3O3/c1-2-20-14(19)11-7-9(3-5-12(11)15)16-8-10-4-6-13(18)17-10/h3,5,7,10,16H,2,4,6,8,15H2,1H3,(H,17,18). The maximum atomic E-state index is 11.7. The monoisotopic (exact) mass is 277 g/mol. The molecule has 4 N–H and O–H groups in total. The number of amides is 1. The van der Waals surface area contributed by atoms with Gasteiger partial charge in [-0.05, 0) is 31.5 Å². The van der Waals surface area contributed by atoms with Crippen molar-refractivity contribution in [2.24, 2.45) is 0 Å². The fraction of sp³-hybridized carbons (Fsp3) is 0.429. The van der Waals surface area contributed by atoms with E-state index in [0.717, 1.165) is 12.1 Å². The molecule has 1 heterocycles. The fourth-order valence-electron chi connectivity index (χ4n) is 2.12. The van der Waals surface area contributed by atoms with Gasteiger partial charge < -0.3 is 21.1 Å². The minimum Gasteiger partial charge on any atom is -0.462 e. The van der Waals surface area contributed by atoms with Crippen molar-refractivity contribution in [1.29, 1.82) is 0 Å². The molecule has 20 heavy (non-hydrogen) atoms. The smallest absolute Gasteiger partial charge is 0.340 e. The van der Waals surface area contributed by atoms with Crippen molar-refractivity contribution in [1.82, 2.24) is 5.32 Å². The predicted octanol–water partition coefficient (Wildman–Crippen LogP) is 1.14. The fourth-order valence-corrected chi connectivity index (χ4v) is 2.12. The first-order valence-corrected chi connectivity index (χ1v) is 6.70. The maximum Gasteiger partial charge on any atom is 0.340 e. The Kier molecular flexibility index (Phi) is 4.45. The molecule has 1 atom stereocenters. The van der Waals surface area contributed by atoms with Crippen LogP contribution in [0.15, 0.2) is 18.2 Å². The Labute approximate surface area is 117 Å². The second-order valence-corrected chi connectivity index (χ2v) is 4.71. The molecular formula is C14H19N3O3. The van der Waals surface area contributed by atoms with Gasteiger partial charge in [0.25, 0.3) is 0 Å². The van der Waals surface area contributed by atoms with Crippen molar-refractivity contribution in [2.45, 2.75) is 25.8 Å². The van der Waals surface area contributed by atoms with Gasteiger partial charge in [-0.3, -0.25) is 4.79 Å². The Morgan fingerprint density at radius 3 is 3.00 bits per heavy atom. The highest BCUT2D eigenvalue weighted by Gasteiger charge is 2.20. The molecule has 1 saturated heterocycles. The third-order valence-electron chi connectivity index (χ3n) is 3.19. The van der Waals surface area contributed by atoms with Gasteiger partial charge in [0, 0.05) is 30.4 Å². The molecule has 1 fully saturated rings. The second kappa shape index (κ2) is 6.27. The summed E-state index contributed by atoms with van der Waals surface area (Å²) in [6, 6.07) is 5.27.